The lowest BCUT2D eigenvalue weighted by atomic mass is 9.97. The topological polar surface area (TPSA) is 94.9 Å². The van der Waals surface area contributed by atoms with Crippen LogP contribution in [0.15, 0.2) is 35.3 Å². The van der Waals surface area contributed by atoms with Crippen molar-refractivity contribution < 1.29 is 19.1 Å². The minimum atomic E-state index is -0.883. The Labute approximate surface area is 198 Å². The Hall–Kier alpha value is -3.20. The summed E-state index contributed by atoms with van der Waals surface area (Å²) in [6, 6.07) is 5.57. The van der Waals surface area contributed by atoms with E-state index < -0.39 is 28.7 Å². The molecule has 0 aliphatic carbocycles. The number of nitrogens with zero attached hydrogens (tertiary/aromatic N) is 3. The Balaban J connectivity index is 1.70. The zero-order valence-corrected chi connectivity index (χ0v) is 20.0. The predicted octanol–water partition coefficient (Wildman–Crippen LogP) is 2.55. The number of benzene rings is 1. The lowest BCUT2D eigenvalue weighted by Crippen LogP contribution is -2.62. The SMILES string of the molecule is CCC12Cn3cc(C(=O)NCc4ccc(F)cc4)c(=O)c(O)c3C(=O)N1[C@H](C)CN2CC(C)C. The maximum atomic E-state index is 13.5. The molecule has 9 heteroatoms. The molecule has 4 rings (SSSR count). The van der Waals surface area contributed by atoms with Crippen molar-refractivity contribution in [3.05, 3.63) is 63.3 Å². The first-order chi connectivity index (χ1) is 16.1. The summed E-state index contributed by atoms with van der Waals surface area (Å²) in [5, 5.41) is 13.4. The molecule has 1 aromatic heterocycles. The molecule has 2 aliphatic rings. The lowest BCUT2D eigenvalue weighted by molar-refractivity contribution is -0.0217. The molecular weight excluding hydrogens is 439 g/mol. The number of rotatable bonds is 6. The van der Waals surface area contributed by atoms with E-state index in [1.54, 1.807) is 9.47 Å². The van der Waals surface area contributed by atoms with E-state index in [1.165, 1.54) is 30.5 Å². The molecule has 0 saturated carbocycles. The summed E-state index contributed by atoms with van der Waals surface area (Å²) in [6.45, 7) is 10.2. The Morgan fingerprint density at radius 1 is 1.26 bits per heavy atom. The van der Waals surface area contributed by atoms with Gasteiger partial charge in [-0.05, 0) is 37.0 Å². The Morgan fingerprint density at radius 2 is 1.94 bits per heavy atom. The molecule has 0 spiro atoms. The van der Waals surface area contributed by atoms with Crippen molar-refractivity contribution in [3.63, 3.8) is 0 Å². The molecule has 0 radical (unpaired) electrons. The summed E-state index contributed by atoms with van der Waals surface area (Å²) in [6.07, 6.45) is 2.04. The molecule has 2 aliphatic heterocycles. The van der Waals surface area contributed by atoms with Gasteiger partial charge in [-0.1, -0.05) is 32.9 Å². The van der Waals surface area contributed by atoms with Crippen LogP contribution < -0.4 is 10.7 Å². The highest BCUT2D eigenvalue weighted by atomic mass is 19.1. The van der Waals surface area contributed by atoms with Gasteiger partial charge in [0.25, 0.3) is 11.8 Å². The van der Waals surface area contributed by atoms with Crippen molar-refractivity contribution in [2.24, 2.45) is 5.92 Å². The number of fused-ring (bicyclic) bond motifs is 2. The van der Waals surface area contributed by atoms with Crippen LogP contribution in [0.25, 0.3) is 0 Å². The number of aromatic nitrogens is 1. The molecule has 2 amide bonds. The summed E-state index contributed by atoms with van der Waals surface area (Å²) in [5.41, 5.74) is -1.14. The molecule has 1 saturated heterocycles. The highest BCUT2D eigenvalue weighted by Crippen LogP contribution is 2.41. The van der Waals surface area contributed by atoms with E-state index in [4.69, 9.17) is 0 Å². The Bertz CT molecular complexity index is 1180. The number of aromatic hydroxyl groups is 1. The molecule has 1 unspecified atom stereocenters. The third-order valence-corrected chi connectivity index (χ3v) is 6.83. The maximum Gasteiger partial charge on any atom is 0.276 e. The summed E-state index contributed by atoms with van der Waals surface area (Å²) in [7, 11) is 0. The van der Waals surface area contributed by atoms with Crippen LogP contribution in [0.1, 0.15) is 60.5 Å². The quantitative estimate of drug-likeness (QED) is 0.677. The third kappa shape index (κ3) is 3.87. The van der Waals surface area contributed by atoms with Gasteiger partial charge in [-0.15, -0.1) is 0 Å². The van der Waals surface area contributed by atoms with Crippen molar-refractivity contribution in [2.75, 3.05) is 13.1 Å². The first kappa shape index (κ1) is 23.9. The number of hydrogen-bond donors (Lipinski definition) is 2. The summed E-state index contributed by atoms with van der Waals surface area (Å²) >= 11 is 0. The molecule has 3 heterocycles. The molecule has 0 bridgehead atoms. The lowest BCUT2D eigenvalue weighted by Gasteiger charge is -2.48. The largest absolute Gasteiger partial charge is 0.503 e. The van der Waals surface area contributed by atoms with Crippen molar-refractivity contribution in [1.82, 2.24) is 19.7 Å². The van der Waals surface area contributed by atoms with Gasteiger partial charge in [0.1, 0.15) is 17.0 Å². The van der Waals surface area contributed by atoms with Gasteiger partial charge in [0.05, 0.1) is 6.54 Å². The van der Waals surface area contributed by atoms with Gasteiger partial charge in [-0.3, -0.25) is 19.3 Å². The molecule has 2 N–H and O–H groups in total. The van der Waals surface area contributed by atoms with Crippen LogP contribution >= 0.6 is 0 Å². The van der Waals surface area contributed by atoms with Crippen molar-refractivity contribution >= 4 is 11.8 Å². The van der Waals surface area contributed by atoms with Gasteiger partial charge in [0.2, 0.25) is 5.43 Å². The van der Waals surface area contributed by atoms with Gasteiger partial charge in [-0.2, -0.15) is 0 Å². The number of pyridine rings is 1. The maximum absolute atomic E-state index is 13.5. The molecule has 1 aromatic carbocycles. The molecular formula is C25H31FN4O4. The fraction of sp³-hybridized carbons (Fsp3) is 0.480. The summed E-state index contributed by atoms with van der Waals surface area (Å²) < 4.78 is 14.7. The molecule has 34 heavy (non-hydrogen) atoms. The van der Waals surface area contributed by atoms with Gasteiger partial charge >= 0.3 is 0 Å². The first-order valence-corrected chi connectivity index (χ1v) is 11.7. The number of amides is 2. The second-order valence-corrected chi connectivity index (χ2v) is 9.67. The Kier molecular flexibility index (Phi) is 6.24. The molecule has 182 valence electrons. The number of carbonyl (C=O) groups excluding carboxylic acids is 2. The number of nitrogens with one attached hydrogen (secondary N) is 1. The van der Waals surface area contributed by atoms with Gasteiger partial charge < -0.3 is 19.9 Å². The first-order valence-electron chi connectivity index (χ1n) is 11.7. The third-order valence-electron chi connectivity index (χ3n) is 6.83. The van der Waals surface area contributed by atoms with Crippen LogP contribution in [0.4, 0.5) is 4.39 Å². The molecule has 8 nitrogen and oxygen atoms in total. The fourth-order valence-electron chi connectivity index (χ4n) is 5.32. The highest BCUT2D eigenvalue weighted by molar-refractivity contribution is 5.99. The van der Waals surface area contributed by atoms with Gasteiger partial charge in [0.15, 0.2) is 11.4 Å². The van der Waals surface area contributed by atoms with E-state index in [1.807, 2.05) is 13.8 Å². The smallest absolute Gasteiger partial charge is 0.276 e. The zero-order valence-electron chi connectivity index (χ0n) is 20.0. The summed E-state index contributed by atoms with van der Waals surface area (Å²) in [4.78, 5) is 43.3. The minimum absolute atomic E-state index is 0.0758. The number of carbonyl (C=O) groups is 2. The van der Waals surface area contributed by atoms with Crippen LogP contribution in [-0.4, -0.2) is 56.1 Å². The van der Waals surface area contributed by atoms with Crippen LogP contribution in [0.5, 0.6) is 5.75 Å². The van der Waals surface area contributed by atoms with Crippen molar-refractivity contribution in [2.45, 2.75) is 58.9 Å². The van der Waals surface area contributed by atoms with Crippen molar-refractivity contribution in [1.29, 1.82) is 0 Å². The number of hydrogen-bond acceptors (Lipinski definition) is 5. The zero-order chi connectivity index (χ0) is 24.8. The van der Waals surface area contributed by atoms with E-state index in [0.717, 1.165) is 6.54 Å². The molecule has 2 atom stereocenters. The second-order valence-electron chi connectivity index (χ2n) is 9.67. The highest BCUT2D eigenvalue weighted by Gasteiger charge is 2.55. The normalized spacial score (nSPS) is 22.1. The van der Waals surface area contributed by atoms with E-state index >= 15 is 0 Å². The molecule has 2 aromatic rings. The van der Waals surface area contributed by atoms with Crippen LogP contribution in [0, 0.1) is 11.7 Å². The predicted molar refractivity (Wildman–Crippen MR) is 125 cm³/mol. The monoisotopic (exact) mass is 470 g/mol. The van der Waals surface area contributed by atoms with Crippen molar-refractivity contribution in [3.8, 4) is 5.75 Å². The van der Waals surface area contributed by atoms with E-state index in [0.29, 0.717) is 31.0 Å². The Morgan fingerprint density at radius 3 is 2.56 bits per heavy atom. The number of halogens is 1. The standard InChI is InChI=1S/C25H31FN4O4/c1-5-25-14-28-13-19(23(33)27-10-17-6-8-18(26)9-7-17)21(31)22(32)20(28)24(34)30(25)16(4)12-29(25)11-15(2)3/h6-9,13,15-16,32H,5,10-12,14H2,1-4H3,(H,27,33)/t16-,25?/m1/s1. The summed E-state index contributed by atoms with van der Waals surface area (Å²) in [5.74, 6) is -1.77. The van der Waals surface area contributed by atoms with Crippen LogP contribution in [0.3, 0.4) is 0 Å². The van der Waals surface area contributed by atoms with Gasteiger partial charge in [0, 0.05) is 31.9 Å². The average Bonchev–Trinajstić information content (AvgIpc) is 3.06. The molecule has 1 fully saturated rings. The van der Waals surface area contributed by atoms with E-state index in [9.17, 15) is 23.9 Å². The van der Waals surface area contributed by atoms with Crippen LogP contribution in [-0.2, 0) is 13.1 Å². The van der Waals surface area contributed by atoms with E-state index in [2.05, 4.69) is 24.1 Å². The van der Waals surface area contributed by atoms with Gasteiger partial charge in [-0.25, -0.2) is 4.39 Å². The fourth-order valence-corrected chi connectivity index (χ4v) is 5.32. The van der Waals surface area contributed by atoms with Crippen LogP contribution in [0.2, 0.25) is 0 Å². The minimum Gasteiger partial charge on any atom is -0.503 e. The van der Waals surface area contributed by atoms with E-state index in [-0.39, 0.29) is 29.7 Å². The second kappa shape index (κ2) is 8.87. The average molecular weight is 471 g/mol.